The first kappa shape index (κ1) is 18.8. The normalized spacial score (nSPS) is 10.9. The number of hydrogen-bond acceptors (Lipinski definition) is 6. The maximum Gasteiger partial charge on any atom is 0.235 e. The number of thiophene rings is 1. The Morgan fingerprint density at radius 2 is 1.96 bits per heavy atom. The zero-order chi connectivity index (χ0) is 19.5. The zero-order valence-electron chi connectivity index (χ0n) is 14.2. The molecule has 0 saturated heterocycles. The Bertz CT molecular complexity index is 1130. The molecule has 0 fully saturated rings. The van der Waals surface area contributed by atoms with Crippen LogP contribution in [0.5, 0.6) is 0 Å². The number of thioether (sulfide) groups is 1. The van der Waals surface area contributed by atoms with Crippen molar-refractivity contribution >= 4 is 56.6 Å². The Morgan fingerprint density at radius 1 is 1.14 bits per heavy atom. The number of amides is 1. The van der Waals surface area contributed by atoms with E-state index in [-0.39, 0.29) is 17.5 Å². The fourth-order valence-corrected chi connectivity index (χ4v) is 4.57. The van der Waals surface area contributed by atoms with Gasteiger partial charge in [0, 0.05) is 11.1 Å². The quantitative estimate of drug-likeness (QED) is 0.345. The van der Waals surface area contributed by atoms with Crippen LogP contribution in [0.15, 0.2) is 60.0 Å². The first-order valence-electron chi connectivity index (χ1n) is 8.13. The summed E-state index contributed by atoms with van der Waals surface area (Å²) < 4.78 is 14.0. The average Bonchev–Trinajstić information content (AvgIpc) is 3.13. The molecule has 0 aliphatic rings. The van der Waals surface area contributed by atoms with Gasteiger partial charge in [0.15, 0.2) is 0 Å². The third-order valence-electron chi connectivity index (χ3n) is 3.74. The van der Waals surface area contributed by atoms with Crippen LogP contribution in [0, 0.1) is 5.82 Å². The summed E-state index contributed by atoms with van der Waals surface area (Å²) in [6.07, 6.45) is 2.95. The number of pyridine rings is 1. The molecule has 0 aliphatic carbocycles. The minimum absolute atomic E-state index is 0.181. The molecule has 0 saturated carbocycles. The number of anilines is 1. The first-order valence-corrected chi connectivity index (χ1v) is 10.3. The lowest BCUT2D eigenvalue weighted by Gasteiger charge is -2.04. The van der Waals surface area contributed by atoms with Crippen LogP contribution in [0.3, 0.4) is 0 Å². The van der Waals surface area contributed by atoms with Crippen LogP contribution in [-0.4, -0.2) is 26.6 Å². The van der Waals surface area contributed by atoms with Crippen LogP contribution in [0.2, 0.25) is 5.02 Å². The lowest BCUT2D eigenvalue weighted by atomic mass is 10.2. The molecule has 140 valence electrons. The van der Waals surface area contributed by atoms with Gasteiger partial charge in [-0.05, 0) is 35.9 Å². The van der Waals surface area contributed by atoms with Crippen molar-refractivity contribution in [1.82, 2.24) is 15.0 Å². The fourth-order valence-electron chi connectivity index (χ4n) is 2.45. The van der Waals surface area contributed by atoms with Gasteiger partial charge in [0.1, 0.15) is 23.0 Å². The van der Waals surface area contributed by atoms with Crippen molar-refractivity contribution in [2.24, 2.45) is 0 Å². The fraction of sp³-hybridized carbons (Fsp3) is 0.0526. The predicted molar refractivity (Wildman–Crippen MR) is 111 cm³/mol. The highest BCUT2D eigenvalue weighted by Gasteiger charge is 2.13. The van der Waals surface area contributed by atoms with Crippen molar-refractivity contribution in [3.05, 3.63) is 65.8 Å². The van der Waals surface area contributed by atoms with Crippen LogP contribution in [0.1, 0.15) is 0 Å². The summed E-state index contributed by atoms with van der Waals surface area (Å²) >= 11 is 8.63. The molecule has 4 rings (SSSR count). The SMILES string of the molecule is O=C(CSc1ncnc2cc(-c3ccc(F)cc3)sc12)Nc1ccc(Cl)cn1. The molecule has 0 aliphatic heterocycles. The summed E-state index contributed by atoms with van der Waals surface area (Å²) in [5, 5.41) is 3.95. The van der Waals surface area contributed by atoms with Gasteiger partial charge in [-0.2, -0.15) is 0 Å². The second-order valence-corrected chi connectivity index (χ2v) is 8.16. The number of fused-ring (bicyclic) bond motifs is 1. The second kappa shape index (κ2) is 8.22. The lowest BCUT2D eigenvalue weighted by Crippen LogP contribution is -2.14. The van der Waals surface area contributed by atoms with Gasteiger partial charge in [0.25, 0.3) is 0 Å². The van der Waals surface area contributed by atoms with E-state index in [4.69, 9.17) is 11.6 Å². The van der Waals surface area contributed by atoms with Gasteiger partial charge in [-0.25, -0.2) is 19.3 Å². The maximum atomic E-state index is 13.2. The second-order valence-electron chi connectivity index (χ2n) is 5.71. The van der Waals surface area contributed by atoms with Gasteiger partial charge >= 0.3 is 0 Å². The van der Waals surface area contributed by atoms with Gasteiger partial charge in [-0.1, -0.05) is 35.5 Å². The highest BCUT2D eigenvalue weighted by atomic mass is 35.5. The summed E-state index contributed by atoms with van der Waals surface area (Å²) in [6, 6.07) is 11.6. The number of nitrogens with one attached hydrogen (secondary N) is 1. The smallest absolute Gasteiger partial charge is 0.235 e. The van der Waals surface area contributed by atoms with Crippen LogP contribution in [-0.2, 0) is 4.79 Å². The van der Waals surface area contributed by atoms with Crippen molar-refractivity contribution in [3.63, 3.8) is 0 Å². The Hall–Kier alpha value is -2.55. The molecular formula is C19H12ClFN4OS2. The van der Waals surface area contributed by atoms with E-state index in [0.717, 1.165) is 25.7 Å². The topological polar surface area (TPSA) is 67.8 Å². The minimum atomic E-state index is -0.276. The van der Waals surface area contributed by atoms with E-state index in [1.54, 1.807) is 24.3 Å². The molecule has 9 heteroatoms. The first-order chi connectivity index (χ1) is 13.6. The van der Waals surface area contributed by atoms with Crippen LogP contribution in [0.25, 0.3) is 20.7 Å². The molecule has 0 radical (unpaired) electrons. The molecule has 0 unspecified atom stereocenters. The number of benzene rings is 1. The van der Waals surface area contributed by atoms with Gasteiger partial charge in [0.2, 0.25) is 5.91 Å². The van der Waals surface area contributed by atoms with Gasteiger partial charge in [0.05, 0.1) is 21.0 Å². The molecule has 5 nitrogen and oxygen atoms in total. The average molecular weight is 431 g/mol. The van der Waals surface area contributed by atoms with Crippen LogP contribution >= 0.6 is 34.7 Å². The summed E-state index contributed by atoms with van der Waals surface area (Å²) in [6.45, 7) is 0. The van der Waals surface area contributed by atoms with Crippen molar-refractivity contribution in [3.8, 4) is 10.4 Å². The molecule has 0 atom stereocenters. The van der Waals surface area contributed by atoms with E-state index in [1.165, 1.54) is 47.8 Å². The van der Waals surface area contributed by atoms with E-state index >= 15 is 0 Å². The lowest BCUT2D eigenvalue weighted by molar-refractivity contribution is -0.113. The van der Waals surface area contributed by atoms with Crippen molar-refractivity contribution < 1.29 is 9.18 Å². The third kappa shape index (κ3) is 4.30. The predicted octanol–water partition coefficient (Wildman–Crippen LogP) is 5.28. The third-order valence-corrected chi connectivity index (χ3v) is 6.26. The molecule has 3 heterocycles. The largest absolute Gasteiger partial charge is 0.310 e. The highest BCUT2D eigenvalue weighted by Crippen LogP contribution is 2.36. The molecule has 0 bridgehead atoms. The zero-order valence-corrected chi connectivity index (χ0v) is 16.6. The number of rotatable bonds is 5. The van der Waals surface area contributed by atoms with E-state index in [9.17, 15) is 9.18 Å². The van der Waals surface area contributed by atoms with Crippen molar-refractivity contribution in [2.75, 3.05) is 11.1 Å². The van der Waals surface area contributed by atoms with E-state index < -0.39 is 0 Å². The summed E-state index contributed by atoms with van der Waals surface area (Å²) in [5.41, 5.74) is 1.70. The van der Waals surface area contributed by atoms with Crippen molar-refractivity contribution in [2.45, 2.75) is 5.03 Å². The van der Waals surface area contributed by atoms with Crippen molar-refractivity contribution in [1.29, 1.82) is 0 Å². The highest BCUT2D eigenvalue weighted by molar-refractivity contribution is 8.00. The molecule has 1 amide bonds. The van der Waals surface area contributed by atoms with Gasteiger partial charge in [-0.3, -0.25) is 4.79 Å². The standard InChI is InChI=1S/C19H12ClFN4OS2/c20-12-3-6-16(22-8-12)25-17(26)9-27-19-18-14(23-10-24-19)7-15(28-18)11-1-4-13(21)5-2-11/h1-8,10H,9H2,(H,22,25,26). The van der Waals surface area contributed by atoms with E-state index in [0.29, 0.717) is 10.8 Å². The number of carbonyl (C=O) groups excluding carboxylic acids is 1. The molecule has 0 spiro atoms. The monoisotopic (exact) mass is 430 g/mol. The molecule has 3 aromatic heterocycles. The molecule has 4 aromatic rings. The number of hydrogen-bond donors (Lipinski definition) is 1. The Morgan fingerprint density at radius 3 is 2.71 bits per heavy atom. The number of halogens is 2. The summed E-state index contributed by atoms with van der Waals surface area (Å²) in [7, 11) is 0. The van der Waals surface area contributed by atoms with Crippen LogP contribution in [0.4, 0.5) is 10.2 Å². The summed E-state index contributed by atoms with van der Waals surface area (Å²) in [4.78, 5) is 25.8. The molecule has 1 N–H and O–H groups in total. The number of aromatic nitrogens is 3. The Kier molecular flexibility index (Phi) is 5.52. The molecule has 28 heavy (non-hydrogen) atoms. The van der Waals surface area contributed by atoms with Crippen LogP contribution < -0.4 is 5.32 Å². The van der Waals surface area contributed by atoms with E-state index in [2.05, 4.69) is 20.3 Å². The van der Waals surface area contributed by atoms with Gasteiger partial charge < -0.3 is 5.32 Å². The molecular weight excluding hydrogens is 419 g/mol. The molecule has 1 aromatic carbocycles. The summed E-state index contributed by atoms with van der Waals surface area (Å²) in [5.74, 6) is 0.154. The Balaban J connectivity index is 1.50. The minimum Gasteiger partial charge on any atom is -0.310 e. The Labute approximate surface area is 173 Å². The number of nitrogens with zero attached hydrogens (tertiary/aromatic N) is 3. The van der Waals surface area contributed by atoms with E-state index in [1.807, 2.05) is 6.07 Å². The maximum absolute atomic E-state index is 13.2. The number of carbonyl (C=O) groups is 1. The van der Waals surface area contributed by atoms with Gasteiger partial charge in [-0.15, -0.1) is 11.3 Å².